The fraction of sp³-hybridized carbons (Fsp3) is 0.929. The van der Waals surface area contributed by atoms with E-state index in [2.05, 4.69) is 19.2 Å². The van der Waals surface area contributed by atoms with Crippen molar-refractivity contribution in [3.8, 4) is 0 Å². The van der Waals surface area contributed by atoms with Crippen LogP contribution in [-0.4, -0.2) is 18.0 Å². The topological polar surface area (TPSA) is 55.1 Å². The molecule has 0 heterocycles. The second-order valence-electron chi connectivity index (χ2n) is 5.61. The molecule has 17 heavy (non-hydrogen) atoms. The average Bonchev–Trinajstić information content (AvgIpc) is 2.37. The van der Waals surface area contributed by atoms with E-state index < -0.39 is 0 Å². The van der Waals surface area contributed by atoms with Crippen molar-refractivity contribution in [1.29, 1.82) is 0 Å². The SMILES string of the molecule is CC[C@H](C)[C@H](N)C(=O)N[C@@H](C)C1CCCCC1. The Morgan fingerprint density at radius 2 is 1.88 bits per heavy atom. The van der Waals surface area contributed by atoms with Crippen molar-refractivity contribution < 1.29 is 4.79 Å². The fourth-order valence-electron chi connectivity index (χ4n) is 2.58. The van der Waals surface area contributed by atoms with Crippen LogP contribution in [0.3, 0.4) is 0 Å². The monoisotopic (exact) mass is 240 g/mol. The van der Waals surface area contributed by atoms with Gasteiger partial charge in [0.1, 0.15) is 0 Å². The zero-order chi connectivity index (χ0) is 12.8. The summed E-state index contributed by atoms with van der Waals surface area (Å²) in [5.41, 5.74) is 5.94. The normalized spacial score (nSPS) is 22.8. The number of carbonyl (C=O) groups is 1. The van der Waals surface area contributed by atoms with Gasteiger partial charge in [-0.3, -0.25) is 4.79 Å². The summed E-state index contributed by atoms with van der Waals surface area (Å²) in [6, 6.07) is -0.0797. The van der Waals surface area contributed by atoms with Gasteiger partial charge in [-0.2, -0.15) is 0 Å². The van der Waals surface area contributed by atoms with Crippen LogP contribution in [0.25, 0.3) is 0 Å². The molecule has 1 fully saturated rings. The second kappa shape index (κ2) is 7.00. The first kappa shape index (κ1) is 14.5. The Bertz CT molecular complexity index is 236. The molecule has 3 nitrogen and oxygen atoms in total. The van der Waals surface area contributed by atoms with Gasteiger partial charge < -0.3 is 11.1 Å². The Morgan fingerprint density at radius 3 is 2.41 bits per heavy atom. The molecule has 1 rings (SSSR count). The molecule has 0 aromatic carbocycles. The summed E-state index contributed by atoms with van der Waals surface area (Å²) >= 11 is 0. The number of hydrogen-bond acceptors (Lipinski definition) is 2. The van der Waals surface area contributed by atoms with Gasteiger partial charge in [0.25, 0.3) is 0 Å². The van der Waals surface area contributed by atoms with Crippen LogP contribution in [-0.2, 0) is 4.79 Å². The Labute approximate surface area is 106 Å². The lowest BCUT2D eigenvalue weighted by molar-refractivity contribution is -0.124. The van der Waals surface area contributed by atoms with Crippen LogP contribution in [0.15, 0.2) is 0 Å². The Kier molecular flexibility index (Phi) is 5.96. The van der Waals surface area contributed by atoms with Gasteiger partial charge in [0.2, 0.25) is 5.91 Å². The Morgan fingerprint density at radius 1 is 1.29 bits per heavy atom. The first-order valence-corrected chi connectivity index (χ1v) is 7.12. The van der Waals surface area contributed by atoms with Crippen molar-refractivity contribution in [1.82, 2.24) is 5.32 Å². The maximum atomic E-state index is 12.0. The van der Waals surface area contributed by atoms with Gasteiger partial charge in [-0.05, 0) is 31.6 Å². The number of amides is 1. The van der Waals surface area contributed by atoms with Gasteiger partial charge in [-0.1, -0.05) is 39.5 Å². The molecule has 3 heteroatoms. The first-order valence-electron chi connectivity index (χ1n) is 7.12. The lowest BCUT2D eigenvalue weighted by atomic mass is 9.84. The van der Waals surface area contributed by atoms with E-state index in [-0.39, 0.29) is 23.9 Å². The summed E-state index contributed by atoms with van der Waals surface area (Å²) < 4.78 is 0. The number of carbonyl (C=O) groups excluding carboxylic acids is 1. The molecule has 0 saturated heterocycles. The predicted molar refractivity (Wildman–Crippen MR) is 71.6 cm³/mol. The molecule has 1 saturated carbocycles. The molecular weight excluding hydrogens is 212 g/mol. The van der Waals surface area contributed by atoms with Crippen molar-refractivity contribution in [2.75, 3.05) is 0 Å². The molecule has 3 N–H and O–H groups in total. The summed E-state index contributed by atoms with van der Waals surface area (Å²) in [6.45, 7) is 6.23. The summed E-state index contributed by atoms with van der Waals surface area (Å²) in [5, 5.41) is 3.10. The molecule has 0 spiro atoms. The van der Waals surface area contributed by atoms with Crippen molar-refractivity contribution in [2.45, 2.75) is 71.4 Å². The van der Waals surface area contributed by atoms with E-state index in [0.29, 0.717) is 5.92 Å². The second-order valence-corrected chi connectivity index (χ2v) is 5.61. The van der Waals surface area contributed by atoms with Crippen molar-refractivity contribution in [3.05, 3.63) is 0 Å². The van der Waals surface area contributed by atoms with Crippen molar-refractivity contribution in [3.63, 3.8) is 0 Å². The molecule has 0 bridgehead atoms. The molecule has 0 aromatic heterocycles. The van der Waals surface area contributed by atoms with Crippen LogP contribution in [0.4, 0.5) is 0 Å². The minimum atomic E-state index is -0.356. The third-order valence-corrected chi connectivity index (χ3v) is 4.29. The molecule has 1 aliphatic carbocycles. The van der Waals surface area contributed by atoms with Crippen molar-refractivity contribution in [2.24, 2.45) is 17.6 Å². The van der Waals surface area contributed by atoms with E-state index in [0.717, 1.165) is 6.42 Å². The maximum absolute atomic E-state index is 12.0. The minimum Gasteiger partial charge on any atom is -0.352 e. The molecular formula is C14H28N2O. The van der Waals surface area contributed by atoms with Crippen LogP contribution in [0.1, 0.15) is 59.3 Å². The number of rotatable bonds is 5. The van der Waals surface area contributed by atoms with Crippen LogP contribution in [0.5, 0.6) is 0 Å². The highest BCUT2D eigenvalue weighted by Crippen LogP contribution is 2.26. The number of nitrogens with one attached hydrogen (secondary N) is 1. The Balaban J connectivity index is 2.38. The molecule has 3 atom stereocenters. The maximum Gasteiger partial charge on any atom is 0.237 e. The molecule has 1 amide bonds. The molecule has 0 radical (unpaired) electrons. The largest absolute Gasteiger partial charge is 0.352 e. The highest BCUT2D eigenvalue weighted by atomic mass is 16.2. The van der Waals surface area contributed by atoms with Gasteiger partial charge >= 0.3 is 0 Å². The zero-order valence-electron chi connectivity index (χ0n) is 11.5. The molecule has 0 aliphatic heterocycles. The highest BCUT2D eigenvalue weighted by Gasteiger charge is 2.25. The third-order valence-electron chi connectivity index (χ3n) is 4.29. The summed E-state index contributed by atoms with van der Waals surface area (Å²) in [6.07, 6.45) is 7.42. The summed E-state index contributed by atoms with van der Waals surface area (Å²) in [5.74, 6) is 0.933. The van der Waals surface area contributed by atoms with Crippen LogP contribution in [0.2, 0.25) is 0 Å². The Hall–Kier alpha value is -0.570. The molecule has 1 aliphatic rings. The quantitative estimate of drug-likeness (QED) is 0.775. The number of hydrogen-bond donors (Lipinski definition) is 2. The van der Waals surface area contributed by atoms with E-state index in [1.165, 1.54) is 32.1 Å². The van der Waals surface area contributed by atoms with Gasteiger partial charge in [-0.15, -0.1) is 0 Å². The zero-order valence-corrected chi connectivity index (χ0v) is 11.5. The van der Waals surface area contributed by atoms with E-state index in [1.54, 1.807) is 0 Å². The van der Waals surface area contributed by atoms with Gasteiger partial charge in [0.05, 0.1) is 6.04 Å². The van der Waals surface area contributed by atoms with Gasteiger partial charge in [-0.25, -0.2) is 0 Å². The van der Waals surface area contributed by atoms with Gasteiger partial charge in [0.15, 0.2) is 0 Å². The van der Waals surface area contributed by atoms with E-state index in [9.17, 15) is 4.79 Å². The van der Waals surface area contributed by atoms with Crippen LogP contribution >= 0.6 is 0 Å². The van der Waals surface area contributed by atoms with Crippen LogP contribution < -0.4 is 11.1 Å². The average molecular weight is 240 g/mol. The standard InChI is InChI=1S/C14H28N2O/c1-4-10(2)13(15)14(17)16-11(3)12-8-6-5-7-9-12/h10-13H,4-9,15H2,1-3H3,(H,16,17)/t10-,11-,13-/m0/s1. The lowest BCUT2D eigenvalue weighted by Gasteiger charge is -2.29. The van der Waals surface area contributed by atoms with E-state index >= 15 is 0 Å². The van der Waals surface area contributed by atoms with E-state index in [4.69, 9.17) is 5.73 Å². The molecule has 0 aromatic rings. The first-order chi connectivity index (χ1) is 8.06. The van der Waals surface area contributed by atoms with E-state index in [1.807, 2.05) is 6.92 Å². The molecule has 0 unspecified atom stereocenters. The van der Waals surface area contributed by atoms with Crippen molar-refractivity contribution >= 4 is 5.91 Å². The van der Waals surface area contributed by atoms with Gasteiger partial charge in [0, 0.05) is 6.04 Å². The highest BCUT2D eigenvalue weighted by molar-refractivity contribution is 5.82. The molecule has 100 valence electrons. The fourth-order valence-corrected chi connectivity index (χ4v) is 2.58. The lowest BCUT2D eigenvalue weighted by Crippen LogP contribution is -2.49. The summed E-state index contributed by atoms with van der Waals surface area (Å²) in [7, 11) is 0. The van der Waals surface area contributed by atoms with Crippen LogP contribution in [0, 0.1) is 11.8 Å². The smallest absolute Gasteiger partial charge is 0.237 e. The third kappa shape index (κ3) is 4.30. The predicted octanol–water partition coefficient (Wildman–Crippen LogP) is 2.44. The minimum absolute atomic E-state index is 0.0254. The number of nitrogens with two attached hydrogens (primary N) is 1. The summed E-state index contributed by atoms with van der Waals surface area (Å²) in [4.78, 5) is 12.0.